The summed E-state index contributed by atoms with van der Waals surface area (Å²) in [7, 11) is 0. The number of rotatable bonds is 4. The zero-order valence-electron chi connectivity index (χ0n) is 7.41. The first kappa shape index (κ1) is 12.7. The largest absolute Gasteiger partial charge is 0.481 e. The van der Waals surface area contributed by atoms with Crippen molar-refractivity contribution in [2.24, 2.45) is 5.92 Å². The van der Waals surface area contributed by atoms with E-state index in [2.05, 4.69) is 15.9 Å². The summed E-state index contributed by atoms with van der Waals surface area (Å²) >= 11 is 4.19. The van der Waals surface area contributed by atoms with Crippen LogP contribution in [0.2, 0.25) is 0 Å². The molecule has 0 spiro atoms. The van der Waals surface area contributed by atoms with Crippen molar-refractivity contribution in [3.63, 3.8) is 0 Å². The summed E-state index contributed by atoms with van der Waals surface area (Å²) < 4.78 is 0.328. The van der Waals surface area contributed by atoms with Crippen molar-refractivity contribution < 1.29 is 14.7 Å². The third-order valence-electron chi connectivity index (χ3n) is 1.26. The Bertz CT molecular complexity index is 238. The first-order valence-electron chi connectivity index (χ1n) is 3.76. The Hall–Kier alpha value is -0.290. The van der Waals surface area contributed by atoms with Crippen LogP contribution in [-0.4, -0.2) is 21.9 Å². The number of carbonyl (C=O) groups excluding carboxylic acids is 1. The lowest BCUT2D eigenvalue weighted by atomic mass is 10.2. The molecule has 0 saturated heterocycles. The average Bonchev–Trinajstić information content (AvgIpc) is 2.04. The zero-order valence-corrected chi connectivity index (χ0v) is 9.81. The Morgan fingerprint density at radius 2 is 2.15 bits per heavy atom. The van der Waals surface area contributed by atoms with Gasteiger partial charge in [-0.2, -0.15) is 0 Å². The van der Waals surface area contributed by atoms with Crippen LogP contribution < -0.4 is 0 Å². The van der Waals surface area contributed by atoms with Gasteiger partial charge in [0.05, 0.1) is 10.4 Å². The highest BCUT2D eigenvalue weighted by molar-refractivity contribution is 9.12. The van der Waals surface area contributed by atoms with Gasteiger partial charge >= 0.3 is 5.97 Å². The normalized spacial score (nSPS) is 13.9. The fraction of sp³-hybridized carbons (Fsp3) is 0.500. The molecular weight excluding hydrogens is 256 g/mol. The number of carbonyl (C=O) groups is 2. The number of carboxylic acid groups (broad SMARTS) is 1. The second kappa shape index (κ2) is 6.21. The highest BCUT2D eigenvalue weighted by Gasteiger charge is 2.12. The van der Waals surface area contributed by atoms with Gasteiger partial charge < -0.3 is 5.11 Å². The van der Waals surface area contributed by atoms with Crippen LogP contribution in [0.3, 0.4) is 0 Å². The molecule has 74 valence electrons. The van der Waals surface area contributed by atoms with E-state index < -0.39 is 11.9 Å². The van der Waals surface area contributed by atoms with Crippen molar-refractivity contribution in [2.45, 2.75) is 13.8 Å². The molecule has 0 rings (SSSR count). The molecule has 1 N–H and O–H groups in total. The summed E-state index contributed by atoms with van der Waals surface area (Å²) in [6.45, 7) is 3.39. The van der Waals surface area contributed by atoms with Crippen LogP contribution in [0.4, 0.5) is 0 Å². The molecule has 1 atom stereocenters. The maximum atomic E-state index is 11.2. The fourth-order valence-corrected chi connectivity index (χ4v) is 1.77. The molecule has 0 bridgehead atoms. The monoisotopic (exact) mass is 266 g/mol. The summed E-state index contributed by atoms with van der Waals surface area (Å²) in [6, 6.07) is 0. The Morgan fingerprint density at radius 1 is 1.62 bits per heavy atom. The van der Waals surface area contributed by atoms with Crippen LogP contribution >= 0.6 is 27.7 Å². The zero-order chi connectivity index (χ0) is 10.4. The second-order valence-electron chi connectivity index (χ2n) is 2.36. The average molecular weight is 267 g/mol. The van der Waals surface area contributed by atoms with Gasteiger partial charge in [-0.1, -0.05) is 24.8 Å². The predicted molar refractivity (Wildman–Crippen MR) is 56.9 cm³/mol. The van der Waals surface area contributed by atoms with Gasteiger partial charge in [0.15, 0.2) is 0 Å². The van der Waals surface area contributed by atoms with Gasteiger partial charge in [-0.3, -0.25) is 9.59 Å². The summed E-state index contributed by atoms with van der Waals surface area (Å²) in [5.74, 6) is -0.898. The standard InChI is InChI=1S/C8H11BrO3S/c1-3-13-8(12)6(9)4-5(2)7(10)11/h4-5H,3H2,1-2H3,(H,10,11)/b6-4-. The molecule has 5 heteroatoms. The lowest BCUT2D eigenvalue weighted by molar-refractivity contribution is -0.139. The van der Waals surface area contributed by atoms with Crippen LogP contribution in [0, 0.1) is 5.92 Å². The number of aliphatic carboxylic acids is 1. The molecule has 0 aliphatic carbocycles. The Kier molecular flexibility index (Phi) is 6.07. The molecular formula is C8H11BrO3S. The Balaban J connectivity index is 4.31. The molecule has 13 heavy (non-hydrogen) atoms. The third kappa shape index (κ3) is 5.10. The molecule has 0 aromatic heterocycles. The highest BCUT2D eigenvalue weighted by Crippen LogP contribution is 2.18. The van der Waals surface area contributed by atoms with Crippen molar-refractivity contribution in [3.05, 3.63) is 10.6 Å². The number of halogens is 1. The van der Waals surface area contributed by atoms with Crippen molar-refractivity contribution in [3.8, 4) is 0 Å². The van der Waals surface area contributed by atoms with Crippen LogP contribution in [-0.2, 0) is 9.59 Å². The van der Waals surface area contributed by atoms with E-state index in [1.165, 1.54) is 13.0 Å². The molecule has 1 unspecified atom stereocenters. The first-order valence-corrected chi connectivity index (χ1v) is 5.54. The van der Waals surface area contributed by atoms with E-state index in [9.17, 15) is 9.59 Å². The van der Waals surface area contributed by atoms with Crippen LogP contribution in [0.25, 0.3) is 0 Å². The smallest absolute Gasteiger partial charge is 0.310 e. The van der Waals surface area contributed by atoms with E-state index in [1.54, 1.807) is 0 Å². The topological polar surface area (TPSA) is 54.4 Å². The maximum Gasteiger partial charge on any atom is 0.310 e. The molecule has 0 fully saturated rings. The van der Waals surface area contributed by atoms with Gasteiger partial charge in [0, 0.05) is 0 Å². The van der Waals surface area contributed by atoms with E-state index in [4.69, 9.17) is 5.11 Å². The lowest BCUT2D eigenvalue weighted by Gasteiger charge is -2.00. The molecule has 0 aliphatic rings. The minimum atomic E-state index is -0.939. The van der Waals surface area contributed by atoms with Crippen LogP contribution in [0.15, 0.2) is 10.6 Å². The van der Waals surface area contributed by atoms with Gasteiger partial charge in [0.2, 0.25) is 5.12 Å². The van der Waals surface area contributed by atoms with E-state index in [0.717, 1.165) is 11.8 Å². The molecule has 0 aromatic carbocycles. The third-order valence-corrected chi connectivity index (χ3v) is 2.91. The summed E-state index contributed by atoms with van der Waals surface area (Å²) in [4.78, 5) is 21.6. The van der Waals surface area contributed by atoms with Crippen molar-refractivity contribution >= 4 is 38.8 Å². The summed E-state index contributed by atoms with van der Waals surface area (Å²) in [6.07, 6.45) is 1.40. The second-order valence-corrected chi connectivity index (χ2v) is 4.45. The summed E-state index contributed by atoms with van der Waals surface area (Å²) in [5, 5.41) is 8.43. The molecule has 0 aromatic rings. The molecule has 3 nitrogen and oxygen atoms in total. The van der Waals surface area contributed by atoms with Gasteiger partial charge in [-0.15, -0.1) is 0 Å². The van der Waals surface area contributed by atoms with E-state index in [0.29, 0.717) is 10.2 Å². The van der Waals surface area contributed by atoms with E-state index in [1.807, 2.05) is 6.92 Å². The minimum absolute atomic E-state index is 0.129. The number of hydrogen-bond donors (Lipinski definition) is 1. The van der Waals surface area contributed by atoms with Gasteiger partial charge in [-0.25, -0.2) is 0 Å². The van der Waals surface area contributed by atoms with Crippen molar-refractivity contribution in [2.75, 3.05) is 5.75 Å². The number of hydrogen-bond acceptors (Lipinski definition) is 3. The SMILES string of the molecule is CCSC(=O)/C(Br)=C/C(C)C(=O)O. The fourth-order valence-electron chi connectivity index (χ4n) is 0.559. The van der Waals surface area contributed by atoms with Crippen LogP contribution in [0.5, 0.6) is 0 Å². The Morgan fingerprint density at radius 3 is 2.54 bits per heavy atom. The molecule has 0 amide bonds. The quantitative estimate of drug-likeness (QED) is 0.794. The van der Waals surface area contributed by atoms with Gasteiger partial charge in [0.1, 0.15) is 0 Å². The number of carboxylic acids is 1. The van der Waals surface area contributed by atoms with E-state index >= 15 is 0 Å². The molecule has 0 saturated carbocycles. The first-order chi connectivity index (χ1) is 5.99. The summed E-state index contributed by atoms with van der Waals surface area (Å²) in [5.41, 5.74) is 0. The predicted octanol–water partition coefficient (Wildman–Crippen LogP) is 2.27. The molecule has 0 radical (unpaired) electrons. The van der Waals surface area contributed by atoms with E-state index in [-0.39, 0.29) is 5.12 Å². The van der Waals surface area contributed by atoms with Gasteiger partial charge in [0.25, 0.3) is 0 Å². The molecule has 0 aliphatic heterocycles. The van der Waals surface area contributed by atoms with Crippen molar-refractivity contribution in [1.82, 2.24) is 0 Å². The van der Waals surface area contributed by atoms with Crippen LogP contribution in [0.1, 0.15) is 13.8 Å². The number of thioether (sulfide) groups is 1. The van der Waals surface area contributed by atoms with Gasteiger partial charge in [-0.05, 0) is 28.6 Å². The van der Waals surface area contributed by atoms with Crippen molar-refractivity contribution in [1.29, 1.82) is 0 Å². The Labute approximate surface area is 89.7 Å². The minimum Gasteiger partial charge on any atom is -0.481 e. The highest BCUT2D eigenvalue weighted by atomic mass is 79.9. The maximum absolute atomic E-state index is 11.2. The lowest BCUT2D eigenvalue weighted by Crippen LogP contribution is -2.07. The molecule has 0 heterocycles.